The maximum absolute atomic E-state index is 13.7. The summed E-state index contributed by atoms with van der Waals surface area (Å²) in [5.74, 6) is -1.18. The van der Waals surface area contributed by atoms with Crippen LogP contribution in [-0.2, 0) is 10.0 Å². The maximum Gasteiger partial charge on any atom is 0.254 e. The third-order valence-corrected chi connectivity index (χ3v) is 5.01. The predicted octanol–water partition coefficient (Wildman–Crippen LogP) is 0.556. The number of carbonyl (C=O) groups excluding carboxylic acids is 1. The first kappa shape index (κ1) is 16.9. The highest BCUT2D eigenvalue weighted by atomic mass is 32.2. The van der Waals surface area contributed by atoms with Gasteiger partial charge < -0.3 is 10.2 Å². The Labute approximate surface area is 129 Å². The van der Waals surface area contributed by atoms with Crippen LogP contribution < -0.4 is 10.0 Å². The molecule has 1 aliphatic rings. The van der Waals surface area contributed by atoms with Crippen LogP contribution in [0.4, 0.5) is 4.39 Å². The van der Waals surface area contributed by atoms with E-state index in [-0.39, 0.29) is 23.6 Å². The molecule has 2 N–H and O–H groups in total. The fourth-order valence-electron chi connectivity index (χ4n) is 2.63. The zero-order valence-electron chi connectivity index (χ0n) is 12.8. The minimum Gasteiger partial charge on any atom is -0.336 e. The summed E-state index contributed by atoms with van der Waals surface area (Å²) in [6, 6.07) is 3.69. The first-order valence-electron chi connectivity index (χ1n) is 7.03. The van der Waals surface area contributed by atoms with Gasteiger partial charge in [-0.15, -0.1) is 0 Å². The number of rotatable bonds is 3. The molecule has 0 spiro atoms. The SMILES string of the molecule is CNS(=O)(=O)c1cc(C(=O)N2C[C@@H](C)N[C@@H](C)C2)ccc1F. The molecule has 1 aromatic carbocycles. The molecular formula is C14H20FN3O3S. The molecule has 1 heterocycles. The summed E-state index contributed by atoms with van der Waals surface area (Å²) >= 11 is 0. The fourth-order valence-corrected chi connectivity index (χ4v) is 3.45. The van der Waals surface area contributed by atoms with Crippen molar-refractivity contribution in [1.82, 2.24) is 14.9 Å². The number of carbonyl (C=O) groups is 1. The van der Waals surface area contributed by atoms with Crippen molar-refractivity contribution < 1.29 is 17.6 Å². The summed E-state index contributed by atoms with van der Waals surface area (Å²) in [5.41, 5.74) is 0.163. The molecule has 2 atom stereocenters. The van der Waals surface area contributed by atoms with E-state index < -0.39 is 20.7 Å². The second kappa shape index (κ2) is 6.31. The molecule has 0 aliphatic carbocycles. The number of amides is 1. The molecule has 1 amide bonds. The largest absolute Gasteiger partial charge is 0.336 e. The zero-order chi connectivity index (χ0) is 16.5. The Morgan fingerprint density at radius 1 is 1.32 bits per heavy atom. The smallest absolute Gasteiger partial charge is 0.254 e. The number of piperazine rings is 1. The Morgan fingerprint density at radius 3 is 2.45 bits per heavy atom. The van der Waals surface area contributed by atoms with E-state index in [1.807, 2.05) is 13.8 Å². The molecule has 6 nitrogen and oxygen atoms in total. The van der Waals surface area contributed by atoms with Gasteiger partial charge >= 0.3 is 0 Å². The minimum atomic E-state index is -3.95. The van der Waals surface area contributed by atoms with Crippen LogP contribution in [0, 0.1) is 5.82 Å². The van der Waals surface area contributed by atoms with Gasteiger partial charge in [-0.2, -0.15) is 0 Å². The third kappa shape index (κ3) is 3.45. The lowest BCUT2D eigenvalue weighted by Crippen LogP contribution is -2.55. The average molecular weight is 329 g/mol. The maximum atomic E-state index is 13.7. The van der Waals surface area contributed by atoms with Gasteiger partial charge in [-0.3, -0.25) is 4.79 Å². The van der Waals surface area contributed by atoms with Gasteiger partial charge in [-0.05, 0) is 39.1 Å². The predicted molar refractivity (Wildman–Crippen MR) is 80.6 cm³/mol. The molecule has 0 bridgehead atoms. The highest BCUT2D eigenvalue weighted by Crippen LogP contribution is 2.18. The van der Waals surface area contributed by atoms with Crippen LogP contribution in [0.1, 0.15) is 24.2 Å². The molecule has 1 aromatic rings. The van der Waals surface area contributed by atoms with Crippen molar-refractivity contribution in [1.29, 1.82) is 0 Å². The average Bonchev–Trinajstić information content (AvgIpc) is 2.45. The van der Waals surface area contributed by atoms with E-state index in [1.54, 1.807) is 4.90 Å². The number of nitrogens with one attached hydrogen (secondary N) is 2. The molecule has 1 aliphatic heterocycles. The van der Waals surface area contributed by atoms with Crippen molar-refractivity contribution in [3.63, 3.8) is 0 Å². The lowest BCUT2D eigenvalue weighted by atomic mass is 10.1. The quantitative estimate of drug-likeness (QED) is 0.849. The van der Waals surface area contributed by atoms with Crippen molar-refractivity contribution in [2.75, 3.05) is 20.1 Å². The van der Waals surface area contributed by atoms with E-state index in [4.69, 9.17) is 0 Å². The van der Waals surface area contributed by atoms with E-state index in [1.165, 1.54) is 13.1 Å². The minimum absolute atomic E-state index is 0.147. The van der Waals surface area contributed by atoms with Crippen LogP contribution in [-0.4, -0.2) is 51.4 Å². The lowest BCUT2D eigenvalue weighted by Gasteiger charge is -2.36. The van der Waals surface area contributed by atoms with Gasteiger partial charge in [0.25, 0.3) is 5.91 Å². The van der Waals surface area contributed by atoms with Gasteiger partial charge in [0, 0.05) is 30.7 Å². The Hall–Kier alpha value is -1.51. The third-order valence-electron chi connectivity index (χ3n) is 3.58. The standard InChI is InChI=1S/C14H20FN3O3S/c1-9-7-18(8-10(2)17-9)14(19)11-4-5-12(15)13(6-11)22(20,21)16-3/h4-6,9-10,16-17H,7-8H2,1-3H3/t9-,10+. The van der Waals surface area contributed by atoms with Crippen molar-refractivity contribution in [2.45, 2.75) is 30.8 Å². The molecule has 1 saturated heterocycles. The van der Waals surface area contributed by atoms with Crippen LogP contribution in [0.15, 0.2) is 23.1 Å². The van der Waals surface area contributed by atoms with E-state index in [0.29, 0.717) is 13.1 Å². The molecule has 0 saturated carbocycles. The Kier molecular flexibility index (Phi) is 4.84. The first-order valence-corrected chi connectivity index (χ1v) is 8.51. The second-order valence-electron chi connectivity index (χ2n) is 5.53. The summed E-state index contributed by atoms with van der Waals surface area (Å²) in [7, 11) is -2.75. The van der Waals surface area contributed by atoms with Crippen LogP contribution in [0.2, 0.25) is 0 Å². The summed E-state index contributed by atoms with van der Waals surface area (Å²) in [6.45, 7) is 4.98. The fraction of sp³-hybridized carbons (Fsp3) is 0.500. The van der Waals surface area contributed by atoms with Gasteiger partial charge in [-0.25, -0.2) is 17.5 Å². The molecule has 8 heteroatoms. The van der Waals surface area contributed by atoms with E-state index >= 15 is 0 Å². The van der Waals surface area contributed by atoms with Crippen LogP contribution in [0.25, 0.3) is 0 Å². The number of hydrogen-bond donors (Lipinski definition) is 2. The molecule has 22 heavy (non-hydrogen) atoms. The van der Waals surface area contributed by atoms with E-state index in [0.717, 1.165) is 12.1 Å². The van der Waals surface area contributed by atoms with Gasteiger partial charge in [-0.1, -0.05) is 0 Å². The summed E-state index contributed by atoms with van der Waals surface area (Å²) < 4.78 is 39.4. The summed E-state index contributed by atoms with van der Waals surface area (Å²) in [6.07, 6.45) is 0. The van der Waals surface area contributed by atoms with Crippen molar-refractivity contribution in [3.8, 4) is 0 Å². The Morgan fingerprint density at radius 2 is 1.91 bits per heavy atom. The second-order valence-corrected chi connectivity index (χ2v) is 7.39. The number of benzene rings is 1. The zero-order valence-corrected chi connectivity index (χ0v) is 13.6. The van der Waals surface area contributed by atoms with E-state index in [2.05, 4.69) is 10.0 Å². The highest BCUT2D eigenvalue weighted by molar-refractivity contribution is 7.89. The topological polar surface area (TPSA) is 78.5 Å². The molecule has 1 fully saturated rings. The van der Waals surface area contributed by atoms with Gasteiger partial charge in [0.15, 0.2) is 0 Å². The number of sulfonamides is 1. The molecule has 122 valence electrons. The van der Waals surface area contributed by atoms with Gasteiger partial charge in [0.1, 0.15) is 10.7 Å². The van der Waals surface area contributed by atoms with E-state index in [9.17, 15) is 17.6 Å². The van der Waals surface area contributed by atoms with Crippen LogP contribution >= 0.6 is 0 Å². The monoisotopic (exact) mass is 329 g/mol. The molecule has 2 rings (SSSR count). The Balaban J connectivity index is 2.33. The first-order chi connectivity index (χ1) is 10.2. The van der Waals surface area contributed by atoms with Crippen LogP contribution in [0.3, 0.4) is 0 Å². The number of halogens is 1. The number of hydrogen-bond acceptors (Lipinski definition) is 4. The molecule has 0 aromatic heterocycles. The van der Waals surface area contributed by atoms with Crippen molar-refractivity contribution in [2.24, 2.45) is 0 Å². The van der Waals surface area contributed by atoms with Gasteiger partial charge in [0.2, 0.25) is 10.0 Å². The van der Waals surface area contributed by atoms with Crippen molar-refractivity contribution >= 4 is 15.9 Å². The normalized spacial score (nSPS) is 22.6. The molecular weight excluding hydrogens is 309 g/mol. The summed E-state index contributed by atoms with van der Waals surface area (Å²) in [5, 5.41) is 3.31. The Bertz CT molecular complexity index is 668. The number of nitrogens with zero attached hydrogens (tertiary/aromatic N) is 1. The highest BCUT2D eigenvalue weighted by Gasteiger charge is 2.27. The lowest BCUT2D eigenvalue weighted by molar-refractivity contribution is 0.0673. The molecule has 0 radical (unpaired) electrons. The van der Waals surface area contributed by atoms with Crippen molar-refractivity contribution in [3.05, 3.63) is 29.6 Å². The van der Waals surface area contributed by atoms with Gasteiger partial charge in [0.05, 0.1) is 0 Å². The summed E-state index contributed by atoms with van der Waals surface area (Å²) in [4.78, 5) is 13.7. The van der Waals surface area contributed by atoms with Crippen LogP contribution in [0.5, 0.6) is 0 Å². The molecule has 0 unspecified atom stereocenters.